The number of hydrogen-bond donors (Lipinski definition) is 2. The first-order valence-corrected chi connectivity index (χ1v) is 12.9. The number of carbonyl (C=O) groups is 2. The zero-order chi connectivity index (χ0) is 27.7. The summed E-state index contributed by atoms with van der Waals surface area (Å²) in [6.45, 7) is 0.462. The summed E-state index contributed by atoms with van der Waals surface area (Å²) in [4.78, 5) is 33.1. The molecule has 0 bridgehead atoms. The molecule has 0 saturated carbocycles. The Labute approximate surface area is 232 Å². The first kappa shape index (κ1) is 26.4. The number of rotatable bonds is 10. The number of methoxy groups -OCH3 is 1. The van der Waals surface area contributed by atoms with E-state index in [2.05, 4.69) is 15.3 Å². The fourth-order valence-electron chi connectivity index (χ4n) is 4.26. The van der Waals surface area contributed by atoms with Crippen LogP contribution in [0.25, 0.3) is 23.2 Å². The number of aromatic amines is 1. The highest BCUT2D eigenvalue weighted by atomic mass is 16.5. The second-order valence-electron chi connectivity index (χ2n) is 9.28. The molecule has 1 heterocycles. The standard InChI is InChI=1S/C33H29N3O4/c1-39-33(38)30(21-25-14-17-27(18-15-25)40-22-26-10-6-3-7-11-26)36-32(37)31-34-28-19-16-24(20-29(28)35-31)13-12-23-8-4-2-5-9-23/h2-20,30H,21-22H2,1H3,(H,34,35)(H,36,37)/t30-/m0/s1. The van der Waals surface area contributed by atoms with E-state index in [0.29, 0.717) is 17.9 Å². The minimum atomic E-state index is -0.883. The first-order chi connectivity index (χ1) is 19.6. The van der Waals surface area contributed by atoms with Gasteiger partial charge in [-0.3, -0.25) is 4.79 Å². The Hall–Kier alpha value is -5.17. The summed E-state index contributed by atoms with van der Waals surface area (Å²) in [6.07, 6.45) is 4.28. The van der Waals surface area contributed by atoms with Crippen LogP contribution in [0.3, 0.4) is 0 Å². The lowest BCUT2D eigenvalue weighted by Gasteiger charge is -2.16. The molecule has 5 rings (SSSR count). The van der Waals surface area contributed by atoms with Gasteiger partial charge in [-0.25, -0.2) is 9.78 Å². The third kappa shape index (κ3) is 6.82. The van der Waals surface area contributed by atoms with Crippen LogP contribution < -0.4 is 10.1 Å². The fourth-order valence-corrected chi connectivity index (χ4v) is 4.26. The van der Waals surface area contributed by atoms with Crippen LogP contribution in [0.1, 0.15) is 32.9 Å². The average molecular weight is 532 g/mol. The molecule has 0 unspecified atom stereocenters. The molecule has 0 saturated heterocycles. The number of fused-ring (bicyclic) bond motifs is 1. The van der Waals surface area contributed by atoms with E-state index in [9.17, 15) is 9.59 Å². The minimum Gasteiger partial charge on any atom is -0.489 e. The van der Waals surface area contributed by atoms with Crippen LogP contribution in [0.4, 0.5) is 0 Å². The maximum absolute atomic E-state index is 13.1. The summed E-state index contributed by atoms with van der Waals surface area (Å²) in [5, 5.41) is 2.76. The van der Waals surface area contributed by atoms with E-state index in [4.69, 9.17) is 9.47 Å². The van der Waals surface area contributed by atoms with Crippen LogP contribution in [-0.2, 0) is 22.6 Å². The number of ether oxygens (including phenoxy) is 2. The second-order valence-corrected chi connectivity index (χ2v) is 9.28. The van der Waals surface area contributed by atoms with E-state index in [-0.39, 0.29) is 12.2 Å². The van der Waals surface area contributed by atoms with Gasteiger partial charge in [0.1, 0.15) is 18.4 Å². The van der Waals surface area contributed by atoms with Crippen molar-refractivity contribution in [1.29, 1.82) is 0 Å². The Kier molecular flexibility index (Phi) is 8.32. The molecule has 7 heteroatoms. The molecule has 1 amide bonds. The Morgan fingerprint density at radius 1 is 0.850 bits per heavy atom. The Bertz CT molecular complexity index is 1610. The number of imidazole rings is 1. The lowest BCUT2D eigenvalue weighted by molar-refractivity contribution is -0.142. The van der Waals surface area contributed by atoms with Crippen molar-refractivity contribution in [2.45, 2.75) is 19.1 Å². The van der Waals surface area contributed by atoms with Gasteiger partial charge in [-0.05, 0) is 46.5 Å². The molecule has 1 aromatic heterocycles. The smallest absolute Gasteiger partial charge is 0.328 e. The number of aromatic nitrogens is 2. The number of esters is 1. The van der Waals surface area contributed by atoms with Gasteiger partial charge in [-0.15, -0.1) is 0 Å². The molecule has 0 aliphatic heterocycles. The molecule has 0 fully saturated rings. The van der Waals surface area contributed by atoms with E-state index < -0.39 is 17.9 Å². The van der Waals surface area contributed by atoms with Gasteiger partial charge in [-0.2, -0.15) is 0 Å². The third-order valence-corrected chi connectivity index (χ3v) is 6.39. The van der Waals surface area contributed by atoms with Gasteiger partial charge in [0.2, 0.25) is 0 Å². The number of hydrogen-bond acceptors (Lipinski definition) is 5. The summed E-state index contributed by atoms with van der Waals surface area (Å²) in [6, 6.07) is 32.2. The fraction of sp³-hybridized carbons (Fsp3) is 0.121. The number of carbonyl (C=O) groups excluding carboxylic acids is 2. The van der Waals surface area contributed by atoms with Crippen molar-refractivity contribution in [1.82, 2.24) is 15.3 Å². The van der Waals surface area contributed by atoms with E-state index in [1.807, 2.05) is 115 Å². The van der Waals surface area contributed by atoms with Crippen molar-refractivity contribution in [3.8, 4) is 5.75 Å². The largest absolute Gasteiger partial charge is 0.489 e. The van der Waals surface area contributed by atoms with E-state index >= 15 is 0 Å². The van der Waals surface area contributed by atoms with E-state index in [1.54, 1.807) is 0 Å². The third-order valence-electron chi connectivity index (χ3n) is 6.39. The van der Waals surface area contributed by atoms with Crippen molar-refractivity contribution in [2.24, 2.45) is 0 Å². The van der Waals surface area contributed by atoms with Crippen LogP contribution in [0.5, 0.6) is 5.75 Å². The van der Waals surface area contributed by atoms with Crippen molar-refractivity contribution in [3.63, 3.8) is 0 Å². The highest BCUT2D eigenvalue weighted by molar-refractivity contribution is 5.97. The van der Waals surface area contributed by atoms with Gasteiger partial charge >= 0.3 is 5.97 Å². The van der Waals surface area contributed by atoms with Crippen LogP contribution in [-0.4, -0.2) is 35.0 Å². The summed E-state index contributed by atoms with van der Waals surface area (Å²) in [5.41, 5.74) is 5.36. The first-order valence-electron chi connectivity index (χ1n) is 12.9. The summed E-state index contributed by atoms with van der Waals surface area (Å²) >= 11 is 0. The maximum atomic E-state index is 13.1. The Balaban J connectivity index is 1.24. The summed E-state index contributed by atoms with van der Waals surface area (Å²) in [5.74, 6) is -0.192. The topological polar surface area (TPSA) is 93.3 Å². The zero-order valence-electron chi connectivity index (χ0n) is 22.0. The van der Waals surface area contributed by atoms with Crippen molar-refractivity contribution in [2.75, 3.05) is 7.11 Å². The van der Waals surface area contributed by atoms with Crippen LogP contribution in [0.2, 0.25) is 0 Å². The van der Waals surface area contributed by atoms with E-state index in [1.165, 1.54) is 7.11 Å². The molecule has 0 radical (unpaired) electrons. The molecule has 0 aliphatic carbocycles. The molecule has 0 spiro atoms. The van der Waals surface area contributed by atoms with Crippen molar-refractivity contribution in [3.05, 3.63) is 131 Å². The van der Waals surface area contributed by atoms with Crippen molar-refractivity contribution < 1.29 is 19.1 Å². The molecule has 4 aromatic carbocycles. The molecule has 200 valence electrons. The lowest BCUT2D eigenvalue weighted by Crippen LogP contribution is -2.43. The molecular formula is C33H29N3O4. The van der Waals surface area contributed by atoms with Gasteiger partial charge in [0.05, 0.1) is 18.1 Å². The predicted molar refractivity (Wildman–Crippen MR) is 156 cm³/mol. The molecule has 7 nitrogen and oxygen atoms in total. The average Bonchev–Trinajstić information content (AvgIpc) is 3.44. The number of amides is 1. The monoisotopic (exact) mass is 531 g/mol. The highest BCUT2D eigenvalue weighted by Gasteiger charge is 2.24. The van der Waals surface area contributed by atoms with Gasteiger partial charge in [0, 0.05) is 6.42 Å². The molecule has 2 N–H and O–H groups in total. The molecule has 1 atom stereocenters. The van der Waals surface area contributed by atoms with Gasteiger partial charge in [0.25, 0.3) is 5.91 Å². The quantitative estimate of drug-likeness (QED) is 0.175. The highest BCUT2D eigenvalue weighted by Crippen LogP contribution is 2.18. The maximum Gasteiger partial charge on any atom is 0.328 e. The molecule has 40 heavy (non-hydrogen) atoms. The number of nitrogens with one attached hydrogen (secondary N) is 2. The Morgan fingerprint density at radius 3 is 2.27 bits per heavy atom. The summed E-state index contributed by atoms with van der Waals surface area (Å²) < 4.78 is 10.8. The molecule has 0 aliphatic rings. The van der Waals surface area contributed by atoms with Crippen LogP contribution >= 0.6 is 0 Å². The molecular weight excluding hydrogens is 502 g/mol. The number of benzene rings is 4. The van der Waals surface area contributed by atoms with E-state index in [0.717, 1.165) is 27.8 Å². The lowest BCUT2D eigenvalue weighted by atomic mass is 10.1. The number of nitrogens with zero attached hydrogens (tertiary/aromatic N) is 1. The zero-order valence-corrected chi connectivity index (χ0v) is 22.0. The van der Waals surface area contributed by atoms with Crippen LogP contribution in [0, 0.1) is 0 Å². The predicted octanol–water partition coefficient (Wildman–Crippen LogP) is 5.83. The van der Waals surface area contributed by atoms with Gasteiger partial charge < -0.3 is 19.8 Å². The van der Waals surface area contributed by atoms with Gasteiger partial charge in [0.15, 0.2) is 5.82 Å². The second kappa shape index (κ2) is 12.6. The SMILES string of the molecule is COC(=O)[C@H](Cc1ccc(OCc2ccccc2)cc1)NC(=O)c1nc2ccc(C=Cc3ccccc3)cc2[nH]1. The minimum absolute atomic E-state index is 0.123. The van der Waals surface area contributed by atoms with Crippen LogP contribution in [0.15, 0.2) is 103 Å². The summed E-state index contributed by atoms with van der Waals surface area (Å²) in [7, 11) is 1.30. The number of H-pyrrole nitrogens is 1. The normalized spacial score (nSPS) is 11.8. The van der Waals surface area contributed by atoms with Crippen molar-refractivity contribution >= 4 is 35.1 Å². The molecule has 5 aromatic rings. The Morgan fingerprint density at radius 2 is 1.55 bits per heavy atom. The van der Waals surface area contributed by atoms with Gasteiger partial charge in [-0.1, -0.05) is 91.0 Å².